The molecule has 3 N–H and O–H groups in total. The van der Waals surface area contributed by atoms with Crippen LogP contribution in [0.2, 0.25) is 0 Å². The highest BCUT2D eigenvalue weighted by Crippen LogP contribution is 2.59. The van der Waals surface area contributed by atoms with E-state index in [1.807, 2.05) is 6.92 Å². The maximum Gasteiger partial charge on any atom is 0.399 e. The van der Waals surface area contributed by atoms with Gasteiger partial charge in [-0.3, -0.25) is 18.9 Å². The second kappa shape index (κ2) is 10.9. The Morgan fingerprint density at radius 1 is 1.11 bits per heavy atom. The van der Waals surface area contributed by atoms with E-state index in [4.69, 9.17) is 14.2 Å². The summed E-state index contributed by atoms with van der Waals surface area (Å²) in [6.45, 7) is 4.47. The number of nitrogens with zero attached hydrogens (tertiary/aromatic N) is 4. The van der Waals surface area contributed by atoms with Crippen LogP contribution in [0.25, 0.3) is 10.1 Å². The summed E-state index contributed by atoms with van der Waals surface area (Å²) in [4.78, 5) is 63.4. The lowest BCUT2D eigenvalue weighted by Gasteiger charge is -2.49. The standard InChI is InChI=1S/C30H34F2N5O7PS/c1-15-34-35-28(44-15)29(2)13-36(14-29)27(40)22-7-6-20-10-16-3-4-17(16)11-21(26(39)37(20)22)33-25(38)24-12-18-9-19(5-8-23(18)46-24)30(31,32)45(41,42)43/h5,8-9,12,16-17,20-22H,3-4,6-7,10-11,13-14H2,1-2H3,(H,33,38)(H2,41,42,43)/t16-,17+,20+,21-,22-/m0/s1. The molecule has 0 spiro atoms. The molecule has 7 rings (SSSR count). The average molecular weight is 678 g/mol. The molecule has 4 fully saturated rings. The highest BCUT2D eigenvalue weighted by molar-refractivity contribution is 7.52. The molecule has 3 amide bonds. The van der Waals surface area contributed by atoms with Crippen LogP contribution in [-0.2, 0) is 25.2 Å². The van der Waals surface area contributed by atoms with E-state index in [9.17, 15) is 27.7 Å². The van der Waals surface area contributed by atoms with Crippen LogP contribution in [0.4, 0.5) is 8.78 Å². The Hall–Kier alpha value is -3.26. The molecule has 1 aliphatic carbocycles. The molecule has 5 atom stereocenters. The Morgan fingerprint density at radius 3 is 2.48 bits per heavy atom. The molecule has 1 aromatic carbocycles. The van der Waals surface area contributed by atoms with Crippen molar-refractivity contribution >= 4 is 46.7 Å². The molecular formula is C30H34F2N5O7PS. The van der Waals surface area contributed by atoms with Crippen LogP contribution in [-0.4, -0.2) is 78.7 Å². The number of hydrogen-bond acceptors (Lipinski definition) is 8. The summed E-state index contributed by atoms with van der Waals surface area (Å²) in [6, 6.07) is 2.97. The van der Waals surface area contributed by atoms with Gasteiger partial charge in [0.15, 0.2) is 0 Å². The minimum atomic E-state index is -5.76. The molecule has 1 saturated carbocycles. The second-order valence-corrected chi connectivity index (χ2v) is 16.2. The summed E-state index contributed by atoms with van der Waals surface area (Å²) in [5.41, 5.74) is -5.69. The number of halogens is 2. The van der Waals surface area contributed by atoms with Crippen LogP contribution in [0.5, 0.6) is 0 Å². The third-order valence-electron chi connectivity index (χ3n) is 10.2. The Labute approximate surface area is 266 Å². The van der Waals surface area contributed by atoms with Gasteiger partial charge >= 0.3 is 13.3 Å². The number of aryl methyl sites for hydroxylation is 1. The zero-order valence-corrected chi connectivity index (χ0v) is 26.9. The summed E-state index contributed by atoms with van der Waals surface area (Å²) >= 11 is 1.03. The van der Waals surface area contributed by atoms with Gasteiger partial charge in [-0.2, -0.15) is 8.78 Å². The number of hydrogen-bond donors (Lipinski definition) is 3. The van der Waals surface area contributed by atoms with Crippen LogP contribution in [0.3, 0.4) is 0 Å². The first-order chi connectivity index (χ1) is 21.6. The maximum atomic E-state index is 14.3. The van der Waals surface area contributed by atoms with Gasteiger partial charge < -0.3 is 29.3 Å². The number of amides is 3. The number of aromatic nitrogens is 2. The number of fused-ring (bicyclic) bond motifs is 3. The Balaban J connectivity index is 1.10. The third kappa shape index (κ3) is 5.15. The molecule has 3 aliphatic heterocycles. The molecule has 3 saturated heterocycles. The van der Waals surface area contributed by atoms with Gasteiger partial charge in [0.1, 0.15) is 12.1 Å². The minimum Gasteiger partial charge on any atom is -0.425 e. The van der Waals surface area contributed by atoms with E-state index in [0.717, 1.165) is 42.7 Å². The van der Waals surface area contributed by atoms with Crippen molar-refractivity contribution in [2.24, 2.45) is 11.8 Å². The predicted octanol–water partition coefficient (Wildman–Crippen LogP) is 3.90. The van der Waals surface area contributed by atoms with Gasteiger partial charge in [0.05, 0.1) is 10.3 Å². The van der Waals surface area contributed by atoms with Gasteiger partial charge in [0.2, 0.25) is 23.6 Å². The monoisotopic (exact) mass is 677 g/mol. The highest BCUT2D eigenvalue weighted by Gasteiger charge is 2.54. The molecule has 5 heterocycles. The van der Waals surface area contributed by atoms with Gasteiger partial charge in [0.25, 0.3) is 5.91 Å². The van der Waals surface area contributed by atoms with E-state index in [1.165, 1.54) is 12.1 Å². The van der Waals surface area contributed by atoms with Crippen LogP contribution < -0.4 is 5.32 Å². The molecule has 0 bridgehead atoms. The van der Waals surface area contributed by atoms with Crippen LogP contribution in [0.1, 0.15) is 72.5 Å². The lowest BCUT2D eigenvalue weighted by atomic mass is 9.67. The van der Waals surface area contributed by atoms with E-state index in [0.29, 0.717) is 54.8 Å². The van der Waals surface area contributed by atoms with Gasteiger partial charge in [-0.15, -0.1) is 21.5 Å². The van der Waals surface area contributed by atoms with E-state index >= 15 is 0 Å². The van der Waals surface area contributed by atoms with Crippen LogP contribution in [0, 0.1) is 18.8 Å². The molecule has 0 radical (unpaired) electrons. The second-order valence-electron chi connectivity index (χ2n) is 13.4. The van der Waals surface area contributed by atoms with Gasteiger partial charge in [-0.1, -0.05) is 6.07 Å². The zero-order chi connectivity index (χ0) is 32.8. The van der Waals surface area contributed by atoms with Gasteiger partial charge in [-0.05, 0) is 80.9 Å². The van der Waals surface area contributed by atoms with E-state index in [-0.39, 0.29) is 34.0 Å². The largest absolute Gasteiger partial charge is 0.425 e. The van der Waals surface area contributed by atoms with Crippen molar-refractivity contribution < 1.29 is 41.9 Å². The number of nitrogens with one attached hydrogen (secondary N) is 1. The SMILES string of the molecule is Cc1nnc(C2(C)CN(C(=O)[C@@H]3CC[C@@H]4C[C@@H]5CC[C@@H]5C[C@H](NC(=O)c5cc6cc(C(F)(F)P(=O)(O)O)ccc6s5)C(=O)N43)C2)o1. The predicted molar refractivity (Wildman–Crippen MR) is 161 cm³/mol. The first-order valence-corrected chi connectivity index (χ1v) is 17.8. The molecule has 4 aliphatic rings. The fraction of sp³-hybridized carbons (Fsp3) is 0.567. The number of thiophene rings is 1. The number of carbonyl (C=O) groups is 3. The van der Waals surface area contributed by atoms with Crippen LogP contribution >= 0.6 is 18.9 Å². The fourth-order valence-electron chi connectivity index (χ4n) is 7.58. The number of carbonyl (C=O) groups excluding carboxylic acids is 3. The Morgan fingerprint density at radius 2 is 1.83 bits per heavy atom. The summed E-state index contributed by atoms with van der Waals surface area (Å²) < 4.78 is 46.1. The maximum absolute atomic E-state index is 14.3. The summed E-state index contributed by atoms with van der Waals surface area (Å²) in [6.07, 6.45) is 4.52. The molecule has 46 heavy (non-hydrogen) atoms. The van der Waals surface area contributed by atoms with Crippen LogP contribution in [0.15, 0.2) is 28.7 Å². The molecular weight excluding hydrogens is 643 g/mol. The third-order valence-corrected chi connectivity index (χ3v) is 12.3. The molecule has 246 valence electrons. The van der Waals surface area contributed by atoms with Crippen molar-refractivity contribution in [2.45, 2.75) is 81.6 Å². The number of benzene rings is 1. The summed E-state index contributed by atoms with van der Waals surface area (Å²) in [7, 11) is -5.76. The average Bonchev–Trinajstić information content (AvgIpc) is 3.71. The summed E-state index contributed by atoms with van der Waals surface area (Å²) in [5, 5.41) is 11.2. The highest BCUT2D eigenvalue weighted by atomic mass is 32.1. The van der Waals surface area contributed by atoms with Crippen molar-refractivity contribution in [1.82, 2.24) is 25.3 Å². The Kier molecular flexibility index (Phi) is 7.42. The molecule has 12 nitrogen and oxygen atoms in total. The van der Waals surface area contributed by atoms with Gasteiger partial charge in [0, 0.05) is 36.3 Å². The lowest BCUT2D eigenvalue weighted by molar-refractivity contribution is -0.153. The quantitative estimate of drug-likeness (QED) is 0.328. The minimum absolute atomic E-state index is 0.0985. The van der Waals surface area contributed by atoms with Gasteiger partial charge in [-0.25, -0.2) is 0 Å². The van der Waals surface area contributed by atoms with E-state index in [2.05, 4.69) is 15.5 Å². The fourth-order valence-corrected chi connectivity index (χ4v) is 9.00. The molecule has 0 unspecified atom stereocenters. The number of likely N-dealkylation sites (tertiary alicyclic amines) is 1. The van der Waals surface area contributed by atoms with Crippen molar-refractivity contribution in [3.8, 4) is 0 Å². The van der Waals surface area contributed by atoms with Crippen molar-refractivity contribution in [3.63, 3.8) is 0 Å². The molecule has 16 heteroatoms. The van der Waals surface area contributed by atoms with Crippen molar-refractivity contribution in [3.05, 3.63) is 46.5 Å². The zero-order valence-electron chi connectivity index (χ0n) is 25.2. The van der Waals surface area contributed by atoms with E-state index in [1.54, 1.807) is 16.7 Å². The van der Waals surface area contributed by atoms with E-state index < -0.39 is 42.2 Å². The van der Waals surface area contributed by atoms with Crippen molar-refractivity contribution in [1.29, 1.82) is 0 Å². The van der Waals surface area contributed by atoms with Crippen molar-refractivity contribution in [2.75, 3.05) is 13.1 Å². The lowest BCUT2D eigenvalue weighted by Crippen LogP contribution is -2.65. The first kappa shape index (κ1) is 31.3. The number of alkyl halides is 2. The molecule has 3 aromatic rings. The Bertz CT molecular complexity index is 1790. The summed E-state index contributed by atoms with van der Waals surface area (Å²) in [5.74, 6) is 0.641. The smallest absolute Gasteiger partial charge is 0.399 e. The number of rotatable bonds is 6. The topological polar surface area (TPSA) is 166 Å². The molecule has 2 aromatic heterocycles. The first-order valence-electron chi connectivity index (χ1n) is 15.3. The normalized spacial score (nSPS) is 27.7.